The summed E-state index contributed by atoms with van der Waals surface area (Å²) in [5.74, 6) is 0.139. The van der Waals surface area contributed by atoms with Gasteiger partial charge in [0.1, 0.15) is 11.0 Å². The average Bonchev–Trinajstić information content (AvgIpc) is 2.38. The van der Waals surface area contributed by atoms with Crippen LogP contribution in [0.25, 0.3) is 0 Å². The quantitative estimate of drug-likeness (QED) is 0.849. The lowest BCUT2D eigenvalue weighted by molar-refractivity contribution is -0.137. The van der Waals surface area contributed by atoms with Gasteiger partial charge in [0.2, 0.25) is 0 Å². The van der Waals surface area contributed by atoms with Crippen LogP contribution in [0, 0.1) is 0 Å². The Balaban J connectivity index is 1.90. The minimum Gasteiger partial charge on any atom is -0.378 e. The Morgan fingerprint density at radius 2 is 2.15 bits per heavy atom. The highest BCUT2D eigenvalue weighted by atomic mass is 35.5. The van der Waals surface area contributed by atoms with Crippen molar-refractivity contribution < 1.29 is 17.9 Å². The lowest BCUT2D eigenvalue weighted by Gasteiger charge is -2.22. The van der Waals surface area contributed by atoms with E-state index in [-0.39, 0.29) is 17.1 Å². The summed E-state index contributed by atoms with van der Waals surface area (Å²) < 4.78 is 43.4. The van der Waals surface area contributed by atoms with Crippen molar-refractivity contribution in [2.45, 2.75) is 38.0 Å². The van der Waals surface area contributed by atoms with Crippen molar-refractivity contribution in [2.75, 3.05) is 18.5 Å². The fourth-order valence-electron chi connectivity index (χ4n) is 2.15. The monoisotopic (exact) mass is 308 g/mol. The van der Waals surface area contributed by atoms with Gasteiger partial charge >= 0.3 is 6.18 Å². The Kier molecular flexibility index (Phi) is 5.10. The van der Waals surface area contributed by atoms with E-state index < -0.39 is 11.7 Å². The number of ether oxygens (including phenoxy) is 1. The number of nitrogens with one attached hydrogen (secondary N) is 1. The SMILES string of the molecule is FC(F)(F)c1cc(Cl)nc(NCCC2CCCCO2)c1. The Morgan fingerprint density at radius 1 is 1.35 bits per heavy atom. The molecule has 0 spiro atoms. The van der Waals surface area contributed by atoms with Crippen molar-refractivity contribution in [1.29, 1.82) is 0 Å². The molecule has 2 rings (SSSR count). The first kappa shape index (κ1) is 15.4. The van der Waals surface area contributed by atoms with E-state index in [2.05, 4.69) is 10.3 Å². The first-order valence-electron chi connectivity index (χ1n) is 6.55. The van der Waals surface area contributed by atoms with Crippen LogP contribution >= 0.6 is 11.6 Å². The molecule has 1 unspecified atom stereocenters. The van der Waals surface area contributed by atoms with Crippen LogP contribution in [-0.4, -0.2) is 24.2 Å². The van der Waals surface area contributed by atoms with Gasteiger partial charge in [0, 0.05) is 13.2 Å². The summed E-state index contributed by atoms with van der Waals surface area (Å²) in [5.41, 5.74) is -0.797. The molecule has 0 amide bonds. The standard InChI is InChI=1S/C13H16ClF3N2O/c14-11-7-9(13(15,16)17)8-12(19-11)18-5-4-10-3-1-2-6-20-10/h7-8,10H,1-6H2,(H,18,19). The van der Waals surface area contributed by atoms with E-state index in [0.29, 0.717) is 6.54 Å². The zero-order chi connectivity index (χ0) is 14.6. The zero-order valence-electron chi connectivity index (χ0n) is 10.8. The van der Waals surface area contributed by atoms with Crippen molar-refractivity contribution in [3.8, 4) is 0 Å². The lowest BCUT2D eigenvalue weighted by Crippen LogP contribution is -2.22. The first-order chi connectivity index (χ1) is 9.45. The van der Waals surface area contributed by atoms with Crippen LogP contribution in [0.2, 0.25) is 5.15 Å². The van der Waals surface area contributed by atoms with Gasteiger partial charge in [-0.1, -0.05) is 11.6 Å². The highest BCUT2D eigenvalue weighted by molar-refractivity contribution is 6.29. The van der Waals surface area contributed by atoms with Gasteiger partial charge in [-0.25, -0.2) is 4.98 Å². The Hall–Kier alpha value is -1.01. The maximum absolute atomic E-state index is 12.6. The fourth-order valence-corrected chi connectivity index (χ4v) is 2.36. The number of hydrogen-bond donors (Lipinski definition) is 1. The predicted molar refractivity (Wildman–Crippen MR) is 70.9 cm³/mol. The van der Waals surface area contributed by atoms with Gasteiger partial charge in [0.25, 0.3) is 0 Å². The van der Waals surface area contributed by atoms with E-state index in [1.54, 1.807) is 0 Å². The summed E-state index contributed by atoms with van der Waals surface area (Å²) in [4.78, 5) is 3.84. The maximum atomic E-state index is 12.6. The van der Waals surface area contributed by atoms with Crippen molar-refractivity contribution in [3.63, 3.8) is 0 Å². The number of anilines is 1. The summed E-state index contributed by atoms with van der Waals surface area (Å²) in [7, 11) is 0. The highest BCUT2D eigenvalue weighted by Crippen LogP contribution is 2.31. The molecule has 0 aromatic carbocycles. The van der Waals surface area contributed by atoms with E-state index in [1.165, 1.54) is 0 Å². The normalized spacial score (nSPS) is 19.9. The molecule has 1 aliphatic rings. The largest absolute Gasteiger partial charge is 0.416 e. The summed E-state index contributed by atoms with van der Waals surface area (Å²) >= 11 is 5.61. The van der Waals surface area contributed by atoms with Gasteiger partial charge < -0.3 is 10.1 Å². The van der Waals surface area contributed by atoms with Crippen molar-refractivity contribution in [1.82, 2.24) is 4.98 Å². The summed E-state index contributed by atoms with van der Waals surface area (Å²) in [6, 6.07) is 1.78. The number of nitrogens with zero attached hydrogens (tertiary/aromatic N) is 1. The summed E-state index contributed by atoms with van der Waals surface area (Å²) in [5, 5.41) is 2.70. The molecule has 20 heavy (non-hydrogen) atoms. The van der Waals surface area contributed by atoms with Crippen molar-refractivity contribution in [3.05, 3.63) is 22.8 Å². The molecular formula is C13H16ClF3N2O. The molecule has 1 aromatic rings. The van der Waals surface area contributed by atoms with Gasteiger partial charge in [-0.05, 0) is 37.8 Å². The van der Waals surface area contributed by atoms with Crippen LogP contribution in [0.5, 0.6) is 0 Å². The number of pyridine rings is 1. The zero-order valence-corrected chi connectivity index (χ0v) is 11.6. The third kappa shape index (κ3) is 4.52. The molecule has 3 nitrogen and oxygen atoms in total. The molecule has 1 saturated heterocycles. The first-order valence-corrected chi connectivity index (χ1v) is 6.93. The van der Waals surface area contributed by atoms with Crippen molar-refractivity contribution >= 4 is 17.4 Å². The molecule has 0 aliphatic carbocycles. The molecule has 0 radical (unpaired) electrons. The summed E-state index contributed by atoms with van der Waals surface area (Å²) in [6.45, 7) is 1.27. The maximum Gasteiger partial charge on any atom is 0.416 e. The fraction of sp³-hybridized carbons (Fsp3) is 0.615. The van der Waals surface area contributed by atoms with Gasteiger partial charge in [-0.15, -0.1) is 0 Å². The molecule has 1 aromatic heterocycles. The van der Waals surface area contributed by atoms with Crippen LogP contribution in [-0.2, 0) is 10.9 Å². The Bertz CT molecular complexity index is 448. The third-order valence-electron chi connectivity index (χ3n) is 3.17. The molecule has 112 valence electrons. The number of alkyl halides is 3. The van der Waals surface area contributed by atoms with Crippen LogP contribution in [0.15, 0.2) is 12.1 Å². The van der Waals surface area contributed by atoms with Crippen LogP contribution < -0.4 is 5.32 Å². The van der Waals surface area contributed by atoms with E-state index >= 15 is 0 Å². The third-order valence-corrected chi connectivity index (χ3v) is 3.36. The molecule has 1 atom stereocenters. The number of rotatable bonds is 4. The van der Waals surface area contributed by atoms with Gasteiger partial charge in [-0.3, -0.25) is 0 Å². The minimum atomic E-state index is -4.42. The second-order valence-electron chi connectivity index (χ2n) is 4.77. The van der Waals surface area contributed by atoms with Crippen LogP contribution in [0.3, 0.4) is 0 Å². The Morgan fingerprint density at radius 3 is 2.80 bits per heavy atom. The lowest BCUT2D eigenvalue weighted by atomic mass is 10.1. The smallest absolute Gasteiger partial charge is 0.378 e. The van der Waals surface area contributed by atoms with E-state index in [1.807, 2.05) is 0 Å². The molecule has 2 heterocycles. The number of hydrogen-bond acceptors (Lipinski definition) is 3. The molecule has 1 aliphatic heterocycles. The van der Waals surface area contributed by atoms with E-state index in [0.717, 1.165) is 44.4 Å². The second kappa shape index (κ2) is 6.63. The minimum absolute atomic E-state index is 0.139. The predicted octanol–water partition coefficient (Wildman–Crippen LogP) is 4.12. The van der Waals surface area contributed by atoms with Gasteiger partial charge in [0.05, 0.1) is 11.7 Å². The Labute approximate surface area is 120 Å². The number of halogens is 4. The molecule has 7 heteroatoms. The molecular weight excluding hydrogens is 293 g/mol. The molecule has 1 fully saturated rings. The second-order valence-corrected chi connectivity index (χ2v) is 5.15. The van der Waals surface area contributed by atoms with E-state index in [4.69, 9.17) is 16.3 Å². The average molecular weight is 309 g/mol. The molecule has 0 bridgehead atoms. The topological polar surface area (TPSA) is 34.2 Å². The van der Waals surface area contributed by atoms with Crippen LogP contribution in [0.1, 0.15) is 31.2 Å². The summed E-state index contributed by atoms with van der Waals surface area (Å²) in [6.07, 6.45) is -0.284. The molecule has 0 saturated carbocycles. The highest BCUT2D eigenvalue weighted by Gasteiger charge is 2.31. The van der Waals surface area contributed by atoms with Crippen LogP contribution in [0.4, 0.5) is 19.0 Å². The van der Waals surface area contributed by atoms with Crippen molar-refractivity contribution in [2.24, 2.45) is 0 Å². The molecule has 1 N–H and O–H groups in total. The van der Waals surface area contributed by atoms with Gasteiger partial charge in [0.15, 0.2) is 0 Å². The van der Waals surface area contributed by atoms with Gasteiger partial charge in [-0.2, -0.15) is 13.2 Å². The number of aromatic nitrogens is 1. The van der Waals surface area contributed by atoms with E-state index in [9.17, 15) is 13.2 Å².